The summed E-state index contributed by atoms with van der Waals surface area (Å²) in [6.07, 6.45) is 0. The predicted molar refractivity (Wildman–Crippen MR) is 84.8 cm³/mol. The molecule has 0 saturated carbocycles. The molecule has 1 rings (SSSR count). The van der Waals surface area contributed by atoms with Crippen LogP contribution in [0.1, 0.15) is 26.3 Å². The van der Waals surface area contributed by atoms with Gasteiger partial charge in [0, 0.05) is 19.1 Å². The lowest BCUT2D eigenvalue weighted by molar-refractivity contribution is 0.270. The molecular formula is C15H25BrN2O. The van der Waals surface area contributed by atoms with Crippen molar-refractivity contribution in [3.8, 4) is 5.75 Å². The van der Waals surface area contributed by atoms with Crippen LogP contribution in [0.2, 0.25) is 0 Å². The zero-order valence-corrected chi connectivity index (χ0v) is 14.0. The van der Waals surface area contributed by atoms with Crippen LogP contribution in [0.15, 0.2) is 22.7 Å². The summed E-state index contributed by atoms with van der Waals surface area (Å²) >= 11 is 3.52. The molecule has 0 radical (unpaired) electrons. The van der Waals surface area contributed by atoms with Gasteiger partial charge in [0.25, 0.3) is 0 Å². The average molecular weight is 329 g/mol. The molecule has 0 saturated heterocycles. The molecule has 4 heteroatoms. The summed E-state index contributed by atoms with van der Waals surface area (Å²) in [5.41, 5.74) is 1.26. The van der Waals surface area contributed by atoms with E-state index in [-0.39, 0.29) is 0 Å². The molecule has 0 heterocycles. The number of hydrogen-bond acceptors (Lipinski definition) is 3. The zero-order chi connectivity index (χ0) is 14.3. The fourth-order valence-corrected chi connectivity index (χ4v) is 2.63. The van der Waals surface area contributed by atoms with Crippen molar-refractivity contribution in [3.63, 3.8) is 0 Å². The fourth-order valence-electron chi connectivity index (χ4n) is 2.05. The molecule has 0 aromatic heterocycles. The Morgan fingerprint density at radius 2 is 2.00 bits per heavy atom. The highest BCUT2D eigenvalue weighted by molar-refractivity contribution is 9.10. The number of halogens is 1. The SMILES string of the molecule is CCN(CC)CC(C)NCc1ccc(OC)c(Br)c1. The molecule has 1 unspecified atom stereocenters. The topological polar surface area (TPSA) is 24.5 Å². The summed E-state index contributed by atoms with van der Waals surface area (Å²) in [5.74, 6) is 0.875. The molecule has 0 bridgehead atoms. The summed E-state index contributed by atoms with van der Waals surface area (Å²) in [5, 5.41) is 3.56. The molecule has 0 fully saturated rings. The molecule has 0 amide bonds. The summed E-state index contributed by atoms with van der Waals surface area (Å²) < 4.78 is 6.24. The Morgan fingerprint density at radius 3 is 2.53 bits per heavy atom. The normalized spacial score (nSPS) is 12.7. The van der Waals surface area contributed by atoms with Gasteiger partial charge in [-0.05, 0) is 53.6 Å². The van der Waals surface area contributed by atoms with Crippen molar-refractivity contribution in [2.24, 2.45) is 0 Å². The van der Waals surface area contributed by atoms with Crippen molar-refractivity contribution in [1.29, 1.82) is 0 Å². The first-order chi connectivity index (χ1) is 9.10. The van der Waals surface area contributed by atoms with Gasteiger partial charge in [0.15, 0.2) is 0 Å². The molecule has 1 aromatic carbocycles. The van der Waals surface area contributed by atoms with Gasteiger partial charge < -0.3 is 15.0 Å². The van der Waals surface area contributed by atoms with Gasteiger partial charge >= 0.3 is 0 Å². The van der Waals surface area contributed by atoms with Crippen LogP contribution < -0.4 is 10.1 Å². The minimum Gasteiger partial charge on any atom is -0.496 e. The van der Waals surface area contributed by atoms with E-state index in [1.807, 2.05) is 6.07 Å². The molecule has 0 aliphatic rings. The number of hydrogen-bond donors (Lipinski definition) is 1. The van der Waals surface area contributed by atoms with E-state index in [9.17, 15) is 0 Å². The van der Waals surface area contributed by atoms with E-state index in [4.69, 9.17) is 4.74 Å². The summed E-state index contributed by atoms with van der Waals surface area (Å²) in [6, 6.07) is 6.69. The molecule has 1 N–H and O–H groups in total. The molecule has 0 spiro atoms. The van der Waals surface area contributed by atoms with Gasteiger partial charge in [-0.25, -0.2) is 0 Å². The maximum atomic E-state index is 5.23. The number of ether oxygens (including phenoxy) is 1. The Bertz CT molecular complexity index is 380. The van der Waals surface area contributed by atoms with E-state index >= 15 is 0 Å². The first-order valence-electron chi connectivity index (χ1n) is 6.88. The van der Waals surface area contributed by atoms with Crippen LogP contribution in [-0.2, 0) is 6.54 Å². The highest BCUT2D eigenvalue weighted by Gasteiger charge is 2.07. The van der Waals surface area contributed by atoms with Crippen LogP contribution in [-0.4, -0.2) is 37.7 Å². The molecule has 0 aliphatic carbocycles. The second-order valence-electron chi connectivity index (χ2n) is 4.74. The monoisotopic (exact) mass is 328 g/mol. The Balaban J connectivity index is 2.45. The molecule has 1 aromatic rings. The Kier molecular flexibility index (Phi) is 7.42. The van der Waals surface area contributed by atoms with Crippen molar-refractivity contribution in [3.05, 3.63) is 28.2 Å². The third kappa shape index (κ3) is 5.51. The number of methoxy groups -OCH3 is 1. The van der Waals surface area contributed by atoms with Crippen LogP contribution >= 0.6 is 15.9 Å². The van der Waals surface area contributed by atoms with Gasteiger partial charge in [0.1, 0.15) is 5.75 Å². The number of likely N-dealkylation sites (N-methyl/N-ethyl adjacent to an activating group) is 1. The van der Waals surface area contributed by atoms with Crippen LogP contribution in [0.5, 0.6) is 5.75 Å². The maximum Gasteiger partial charge on any atom is 0.133 e. The highest BCUT2D eigenvalue weighted by Crippen LogP contribution is 2.25. The lowest BCUT2D eigenvalue weighted by Crippen LogP contribution is -2.38. The van der Waals surface area contributed by atoms with Gasteiger partial charge in [-0.2, -0.15) is 0 Å². The number of benzene rings is 1. The van der Waals surface area contributed by atoms with Crippen molar-refractivity contribution < 1.29 is 4.74 Å². The average Bonchev–Trinajstić information content (AvgIpc) is 2.42. The second-order valence-corrected chi connectivity index (χ2v) is 5.59. The number of nitrogens with zero attached hydrogens (tertiary/aromatic N) is 1. The standard InChI is InChI=1S/C15H25BrN2O/c1-5-18(6-2)11-12(3)17-10-13-7-8-15(19-4)14(16)9-13/h7-9,12,17H,5-6,10-11H2,1-4H3. The molecule has 19 heavy (non-hydrogen) atoms. The summed E-state index contributed by atoms with van der Waals surface area (Å²) in [4.78, 5) is 2.43. The second kappa shape index (κ2) is 8.56. The van der Waals surface area contributed by atoms with Crippen molar-refractivity contribution >= 4 is 15.9 Å². The highest BCUT2D eigenvalue weighted by atomic mass is 79.9. The zero-order valence-electron chi connectivity index (χ0n) is 12.4. The van der Waals surface area contributed by atoms with E-state index in [1.54, 1.807) is 7.11 Å². The summed E-state index contributed by atoms with van der Waals surface area (Å²) in [7, 11) is 1.68. The van der Waals surface area contributed by atoms with Gasteiger partial charge in [-0.1, -0.05) is 19.9 Å². The largest absolute Gasteiger partial charge is 0.496 e. The molecule has 3 nitrogen and oxygen atoms in total. The smallest absolute Gasteiger partial charge is 0.133 e. The quantitative estimate of drug-likeness (QED) is 0.792. The third-order valence-electron chi connectivity index (χ3n) is 3.30. The first kappa shape index (κ1) is 16.5. The molecular weight excluding hydrogens is 304 g/mol. The van der Waals surface area contributed by atoms with Crippen LogP contribution in [0.25, 0.3) is 0 Å². The lowest BCUT2D eigenvalue weighted by atomic mass is 10.2. The van der Waals surface area contributed by atoms with E-state index < -0.39 is 0 Å². The van der Waals surface area contributed by atoms with E-state index in [2.05, 4.69) is 59.1 Å². The maximum absolute atomic E-state index is 5.23. The van der Waals surface area contributed by atoms with Crippen molar-refractivity contribution in [1.82, 2.24) is 10.2 Å². The summed E-state index contributed by atoms with van der Waals surface area (Å²) in [6.45, 7) is 10.8. The van der Waals surface area contributed by atoms with Crippen molar-refractivity contribution in [2.75, 3.05) is 26.7 Å². The Labute approximate surface area is 125 Å². The first-order valence-corrected chi connectivity index (χ1v) is 7.68. The van der Waals surface area contributed by atoms with E-state index in [1.165, 1.54) is 5.56 Å². The minimum absolute atomic E-state index is 0.487. The van der Waals surface area contributed by atoms with Crippen LogP contribution in [0.3, 0.4) is 0 Å². The molecule has 1 atom stereocenters. The molecule has 0 aliphatic heterocycles. The third-order valence-corrected chi connectivity index (χ3v) is 3.92. The van der Waals surface area contributed by atoms with Crippen molar-refractivity contribution in [2.45, 2.75) is 33.4 Å². The van der Waals surface area contributed by atoms with Crippen LogP contribution in [0.4, 0.5) is 0 Å². The molecule has 108 valence electrons. The Morgan fingerprint density at radius 1 is 1.32 bits per heavy atom. The van der Waals surface area contributed by atoms with Gasteiger partial charge in [-0.15, -0.1) is 0 Å². The van der Waals surface area contributed by atoms with Gasteiger partial charge in [-0.3, -0.25) is 0 Å². The predicted octanol–water partition coefficient (Wildman–Crippen LogP) is 3.28. The van der Waals surface area contributed by atoms with Crippen LogP contribution in [0, 0.1) is 0 Å². The van der Waals surface area contributed by atoms with E-state index in [0.717, 1.165) is 36.4 Å². The number of nitrogens with one attached hydrogen (secondary N) is 1. The lowest BCUT2D eigenvalue weighted by Gasteiger charge is -2.23. The van der Waals surface area contributed by atoms with E-state index in [0.29, 0.717) is 6.04 Å². The minimum atomic E-state index is 0.487. The van der Waals surface area contributed by atoms with Gasteiger partial charge in [0.05, 0.1) is 11.6 Å². The fraction of sp³-hybridized carbons (Fsp3) is 0.600. The van der Waals surface area contributed by atoms with Gasteiger partial charge in [0.2, 0.25) is 0 Å². The Hall–Kier alpha value is -0.580. The number of rotatable bonds is 8.